The average molecular weight is 403 g/mol. The summed E-state index contributed by atoms with van der Waals surface area (Å²) in [5.41, 5.74) is 2.50. The van der Waals surface area contributed by atoms with E-state index in [2.05, 4.69) is 60.7 Å². The van der Waals surface area contributed by atoms with Crippen LogP contribution in [-0.2, 0) is 18.7 Å². The van der Waals surface area contributed by atoms with Gasteiger partial charge in [-0.3, -0.25) is 4.90 Å². The molecule has 0 fully saturated rings. The summed E-state index contributed by atoms with van der Waals surface area (Å²) >= 11 is 1.59. The molecule has 1 heterocycles. The van der Waals surface area contributed by atoms with Crippen LogP contribution in [0.3, 0.4) is 0 Å². The molecule has 0 radical (unpaired) electrons. The molecule has 0 bridgehead atoms. The minimum atomic E-state index is -0.936. The molecule has 28 heavy (non-hydrogen) atoms. The summed E-state index contributed by atoms with van der Waals surface area (Å²) < 4.78 is 0. The number of hydrogen-bond acceptors (Lipinski definition) is 4. The lowest BCUT2D eigenvalue weighted by atomic mass is 9.99. The van der Waals surface area contributed by atoms with Crippen LogP contribution in [0.2, 0.25) is 0 Å². The number of benzene rings is 1. The zero-order valence-electron chi connectivity index (χ0n) is 17.7. The van der Waals surface area contributed by atoms with E-state index < -0.39 is 5.60 Å². The van der Waals surface area contributed by atoms with Crippen molar-refractivity contribution in [3.63, 3.8) is 0 Å². The molecule has 154 valence electrons. The fourth-order valence-corrected chi connectivity index (χ4v) is 3.53. The van der Waals surface area contributed by atoms with Crippen molar-refractivity contribution < 1.29 is 5.11 Å². The van der Waals surface area contributed by atoms with Crippen molar-refractivity contribution in [2.24, 2.45) is 4.99 Å². The quantitative estimate of drug-likeness (QED) is 0.443. The van der Waals surface area contributed by atoms with Gasteiger partial charge in [0.25, 0.3) is 0 Å². The summed E-state index contributed by atoms with van der Waals surface area (Å²) in [6.07, 6.45) is 0. The fraction of sp³-hybridized carbons (Fsp3) is 0.500. The topological polar surface area (TPSA) is 59.9 Å². The van der Waals surface area contributed by atoms with Crippen molar-refractivity contribution in [1.82, 2.24) is 15.5 Å². The molecule has 3 N–H and O–H groups in total. The van der Waals surface area contributed by atoms with Gasteiger partial charge in [-0.1, -0.05) is 24.3 Å². The van der Waals surface area contributed by atoms with Gasteiger partial charge >= 0.3 is 0 Å². The van der Waals surface area contributed by atoms with Crippen LogP contribution in [0.25, 0.3) is 0 Å². The van der Waals surface area contributed by atoms with Gasteiger partial charge in [-0.25, -0.2) is 4.99 Å². The van der Waals surface area contributed by atoms with Crippen molar-refractivity contribution in [2.45, 2.75) is 52.4 Å². The Morgan fingerprint density at radius 2 is 1.93 bits per heavy atom. The third-order valence-corrected chi connectivity index (χ3v) is 5.60. The molecular formula is C22H34N4OS. The zero-order chi connectivity index (χ0) is 20.6. The van der Waals surface area contributed by atoms with E-state index in [1.807, 2.05) is 30.7 Å². The highest BCUT2D eigenvalue weighted by Crippen LogP contribution is 2.22. The summed E-state index contributed by atoms with van der Waals surface area (Å²) in [5, 5.41) is 21.2. The monoisotopic (exact) mass is 402 g/mol. The first-order chi connectivity index (χ1) is 13.3. The zero-order valence-corrected chi connectivity index (χ0v) is 18.5. The summed E-state index contributed by atoms with van der Waals surface area (Å²) in [7, 11) is 2.14. The van der Waals surface area contributed by atoms with Crippen molar-refractivity contribution in [3.8, 4) is 0 Å². The molecule has 0 saturated carbocycles. The number of aliphatic hydroxyl groups is 1. The van der Waals surface area contributed by atoms with Gasteiger partial charge < -0.3 is 15.7 Å². The van der Waals surface area contributed by atoms with Crippen LogP contribution in [0, 0.1) is 0 Å². The molecule has 1 unspecified atom stereocenters. The largest absolute Gasteiger partial charge is 0.384 e. The lowest BCUT2D eigenvalue weighted by Gasteiger charge is -2.24. The second kappa shape index (κ2) is 10.6. The first-order valence-corrected chi connectivity index (χ1v) is 10.8. The molecule has 2 aromatic rings. The summed E-state index contributed by atoms with van der Waals surface area (Å²) in [6, 6.07) is 10.9. The highest BCUT2D eigenvalue weighted by molar-refractivity contribution is 7.08. The molecule has 1 atom stereocenters. The Hall–Kier alpha value is -1.89. The second-order valence-electron chi connectivity index (χ2n) is 7.61. The Balaban J connectivity index is 2.06. The molecule has 2 rings (SSSR count). The summed E-state index contributed by atoms with van der Waals surface area (Å²) in [4.78, 5) is 7.07. The van der Waals surface area contributed by atoms with Crippen molar-refractivity contribution >= 4 is 17.3 Å². The molecule has 0 saturated heterocycles. The number of nitrogens with one attached hydrogen (secondary N) is 2. The van der Waals surface area contributed by atoms with Crippen molar-refractivity contribution in [2.75, 3.05) is 20.1 Å². The predicted molar refractivity (Wildman–Crippen MR) is 120 cm³/mol. The SMILES string of the molecule is CCNC(=NCc1ccccc1CN(C)C(C)C)NCC(C)(O)c1ccsc1. The van der Waals surface area contributed by atoms with E-state index in [4.69, 9.17) is 4.99 Å². The number of rotatable bonds is 9. The Bertz CT molecular complexity index is 741. The van der Waals surface area contributed by atoms with Gasteiger partial charge in [0.1, 0.15) is 5.60 Å². The normalized spacial score (nSPS) is 14.4. The molecule has 0 amide bonds. The third-order valence-electron chi connectivity index (χ3n) is 4.91. The minimum absolute atomic E-state index is 0.396. The molecular weight excluding hydrogens is 368 g/mol. The van der Waals surface area contributed by atoms with Crippen LogP contribution in [-0.4, -0.2) is 42.1 Å². The van der Waals surface area contributed by atoms with Gasteiger partial charge in [-0.15, -0.1) is 0 Å². The van der Waals surface area contributed by atoms with Gasteiger partial charge in [0.05, 0.1) is 13.1 Å². The van der Waals surface area contributed by atoms with E-state index in [0.717, 1.165) is 18.7 Å². The van der Waals surface area contributed by atoms with Gasteiger partial charge in [-0.2, -0.15) is 11.3 Å². The highest BCUT2D eigenvalue weighted by atomic mass is 32.1. The Morgan fingerprint density at radius 1 is 1.21 bits per heavy atom. The van der Waals surface area contributed by atoms with E-state index in [0.29, 0.717) is 25.1 Å². The van der Waals surface area contributed by atoms with Gasteiger partial charge in [0.2, 0.25) is 0 Å². The molecule has 1 aromatic heterocycles. The van der Waals surface area contributed by atoms with Crippen molar-refractivity contribution in [3.05, 3.63) is 57.8 Å². The highest BCUT2D eigenvalue weighted by Gasteiger charge is 2.23. The molecule has 0 aliphatic heterocycles. The summed E-state index contributed by atoms with van der Waals surface area (Å²) in [5.74, 6) is 0.713. The standard InChI is InChI=1S/C22H34N4OS/c1-6-23-21(25-16-22(4,27)20-11-12-28-15-20)24-13-18-9-7-8-10-19(18)14-26(5)17(2)3/h7-12,15,17,27H,6,13-14,16H2,1-5H3,(H2,23,24,25). The molecule has 0 aliphatic carbocycles. The van der Waals surface area contributed by atoms with E-state index >= 15 is 0 Å². The van der Waals surface area contributed by atoms with Crippen LogP contribution < -0.4 is 10.6 Å². The molecule has 0 spiro atoms. The maximum atomic E-state index is 10.7. The number of thiophene rings is 1. The predicted octanol–water partition coefficient (Wildman–Crippen LogP) is 3.55. The lowest BCUT2D eigenvalue weighted by Crippen LogP contribution is -2.44. The maximum absolute atomic E-state index is 10.7. The second-order valence-corrected chi connectivity index (χ2v) is 8.39. The molecule has 0 aliphatic rings. The van der Waals surface area contributed by atoms with E-state index in [9.17, 15) is 5.11 Å². The Morgan fingerprint density at radius 3 is 2.54 bits per heavy atom. The lowest BCUT2D eigenvalue weighted by molar-refractivity contribution is 0.0621. The van der Waals surface area contributed by atoms with Crippen LogP contribution in [0.15, 0.2) is 46.1 Å². The first kappa shape index (κ1) is 22.4. The maximum Gasteiger partial charge on any atom is 0.191 e. The minimum Gasteiger partial charge on any atom is -0.384 e. The molecule has 6 heteroatoms. The van der Waals surface area contributed by atoms with E-state index in [-0.39, 0.29) is 0 Å². The van der Waals surface area contributed by atoms with Crippen LogP contribution in [0.5, 0.6) is 0 Å². The van der Waals surface area contributed by atoms with Gasteiger partial charge in [0.15, 0.2) is 5.96 Å². The van der Waals surface area contributed by atoms with Crippen LogP contribution >= 0.6 is 11.3 Å². The summed E-state index contributed by atoms with van der Waals surface area (Å²) in [6.45, 7) is 10.9. The number of aliphatic imine (C=N–C) groups is 1. The average Bonchev–Trinajstić information content (AvgIpc) is 3.20. The van der Waals surface area contributed by atoms with Gasteiger partial charge in [-0.05, 0) is 68.3 Å². The van der Waals surface area contributed by atoms with E-state index in [1.165, 1.54) is 11.1 Å². The van der Waals surface area contributed by atoms with Crippen molar-refractivity contribution in [1.29, 1.82) is 0 Å². The van der Waals surface area contributed by atoms with E-state index in [1.54, 1.807) is 11.3 Å². The van der Waals surface area contributed by atoms with Crippen LogP contribution in [0.4, 0.5) is 0 Å². The Kier molecular flexibility index (Phi) is 8.48. The van der Waals surface area contributed by atoms with Crippen LogP contribution in [0.1, 0.15) is 44.4 Å². The number of nitrogens with zero attached hydrogens (tertiary/aromatic N) is 2. The van der Waals surface area contributed by atoms with Gasteiger partial charge in [0, 0.05) is 19.1 Å². The molecule has 5 nitrogen and oxygen atoms in total. The first-order valence-electron chi connectivity index (χ1n) is 9.87. The smallest absolute Gasteiger partial charge is 0.191 e. The number of guanidine groups is 1. The molecule has 1 aromatic carbocycles. The Labute approximate surface area is 173 Å². The third kappa shape index (κ3) is 6.62. The fourth-order valence-electron chi connectivity index (χ4n) is 2.75. The number of hydrogen-bond donors (Lipinski definition) is 3.